The molecule has 1 rings (SSSR count). The van der Waals surface area contributed by atoms with E-state index in [1.807, 2.05) is 18.4 Å². The van der Waals surface area contributed by atoms with Crippen LogP contribution >= 0.6 is 11.3 Å². The van der Waals surface area contributed by atoms with Crippen molar-refractivity contribution in [1.82, 2.24) is 10.3 Å². The molecule has 1 aromatic heterocycles. The van der Waals surface area contributed by atoms with Crippen LogP contribution in [0.3, 0.4) is 0 Å². The third-order valence-corrected chi connectivity index (χ3v) is 4.11. The number of nitrogens with zero attached hydrogens (tertiary/aromatic N) is 2. The molecule has 0 aliphatic heterocycles. The quantitative estimate of drug-likeness (QED) is 0.825. The van der Waals surface area contributed by atoms with Crippen molar-refractivity contribution in [3.8, 4) is 0 Å². The van der Waals surface area contributed by atoms with Crippen LogP contribution in [0.25, 0.3) is 0 Å². The highest BCUT2D eigenvalue weighted by atomic mass is 32.1. The summed E-state index contributed by atoms with van der Waals surface area (Å²) >= 11 is 1.85. The van der Waals surface area contributed by atoms with Crippen LogP contribution in [0.1, 0.15) is 58.0 Å². The van der Waals surface area contributed by atoms with Crippen LogP contribution in [-0.2, 0) is 12.0 Å². The van der Waals surface area contributed by atoms with Gasteiger partial charge in [-0.15, -0.1) is 11.3 Å². The Kier molecular flexibility index (Phi) is 6.27. The van der Waals surface area contributed by atoms with E-state index in [2.05, 4.69) is 44.8 Å². The highest BCUT2D eigenvalue weighted by Gasteiger charge is 2.24. The molecule has 3 nitrogen and oxygen atoms in total. The van der Waals surface area contributed by atoms with Gasteiger partial charge in [0.15, 0.2) is 5.13 Å². The molecule has 0 aliphatic rings. The second kappa shape index (κ2) is 7.25. The summed E-state index contributed by atoms with van der Waals surface area (Å²) in [6.07, 6.45) is 2.34. The summed E-state index contributed by atoms with van der Waals surface area (Å²) in [7, 11) is 2.00. The van der Waals surface area contributed by atoms with E-state index in [4.69, 9.17) is 4.98 Å². The Balaban J connectivity index is 3.07. The summed E-state index contributed by atoms with van der Waals surface area (Å²) in [4.78, 5) is 8.75. The summed E-state index contributed by atoms with van der Waals surface area (Å²) in [6, 6.07) is 0. The first-order valence-corrected chi connectivity index (χ1v) is 8.15. The van der Waals surface area contributed by atoms with Crippen molar-refractivity contribution in [3.63, 3.8) is 0 Å². The number of thiazole rings is 1. The second-order valence-corrected chi connectivity index (χ2v) is 7.10. The Morgan fingerprint density at radius 3 is 2.16 bits per heavy atom. The van der Waals surface area contributed by atoms with Gasteiger partial charge in [0.1, 0.15) is 0 Å². The van der Waals surface area contributed by atoms with E-state index >= 15 is 0 Å². The van der Waals surface area contributed by atoms with Crippen LogP contribution in [0.2, 0.25) is 0 Å². The lowest BCUT2D eigenvalue weighted by molar-refractivity contribution is 0.562. The topological polar surface area (TPSA) is 28.2 Å². The first-order chi connectivity index (χ1) is 8.93. The normalized spacial score (nSPS) is 11.9. The average Bonchev–Trinajstić information content (AvgIpc) is 2.73. The molecule has 0 saturated heterocycles. The number of rotatable bonds is 7. The lowest BCUT2D eigenvalue weighted by Gasteiger charge is -2.21. The molecule has 0 aromatic carbocycles. The standard InChI is InChI=1S/C15H29N3S/c1-7-9-18(10-8-2)14-17-13(15(3,4)5)12(19-14)11-16-6/h16H,7-11H2,1-6H3. The first kappa shape index (κ1) is 16.4. The lowest BCUT2D eigenvalue weighted by Crippen LogP contribution is -2.25. The molecule has 0 atom stereocenters. The van der Waals surface area contributed by atoms with Gasteiger partial charge in [-0.25, -0.2) is 4.98 Å². The number of aromatic nitrogens is 1. The van der Waals surface area contributed by atoms with E-state index in [1.165, 1.54) is 28.5 Å². The molecule has 0 unspecified atom stereocenters. The number of nitrogens with one attached hydrogen (secondary N) is 1. The van der Waals surface area contributed by atoms with Crippen molar-refractivity contribution in [2.24, 2.45) is 0 Å². The fraction of sp³-hybridized carbons (Fsp3) is 0.800. The second-order valence-electron chi connectivity index (χ2n) is 6.04. The van der Waals surface area contributed by atoms with Gasteiger partial charge < -0.3 is 10.2 Å². The Morgan fingerprint density at radius 2 is 1.74 bits per heavy atom. The van der Waals surface area contributed by atoms with Gasteiger partial charge >= 0.3 is 0 Å². The van der Waals surface area contributed by atoms with Crippen LogP contribution in [-0.4, -0.2) is 25.1 Å². The zero-order valence-corrected chi connectivity index (χ0v) is 14.2. The molecule has 4 heteroatoms. The minimum atomic E-state index is 0.116. The van der Waals surface area contributed by atoms with Gasteiger partial charge in [0.05, 0.1) is 5.69 Å². The fourth-order valence-corrected chi connectivity index (χ4v) is 3.52. The Hall–Kier alpha value is -0.610. The fourth-order valence-electron chi connectivity index (χ4n) is 2.18. The van der Waals surface area contributed by atoms with E-state index in [0.717, 1.165) is 19.6 Å². The van der Waals surface area contributed by atoms with Crippen molar-refractivity contribution >= 4 is 16.5 Å². The maximum atomic E-state index is 4.94. The van der Waals surface area contributed by atoms with Gasteiger partial charge in [0.25, 0.3) is 0 Å². The predicted molar refractivity (Wildman–Crippen MR) is 86.4 cm³/mol. The minimum absolute atomic E-state index is 0.116. The highest BCUT2D eigenvalue weighted by Crippen LogP contribution is 2.34. The van der Waals surface area contributed by atoms with E-state index in [-0.39, 0.29) is 5.41 Å². The third kappa shape index (κ3) is 4.46. The van der Waals surface area contributed by atoms with Crippen LogP contribution in [0.15, 0.2) is 0 Å². The minimum Gasteiger partial charge on any atom is -0.348 e. The summed E-state index contributed by atoms with van der Waals surface area (Å²) in [5.74, 6) is 0. The molecule has 1 N–H and O–H groups in total. The molecular formula is C15H29N3S. The van der Waals surface area contributed by atoms with Gasteiger partial charge in [0, 0.05) is 29.9 Å². The van der Waals surface area contributed by atoms with Crippen LogP contribution in [0.4, 0.5) is 5.13 Å². The van der Waals surface area contributed by atoms with Gasteiger partial charge in [0.2, 0.25) is 0 Å². The summed E-state index contributed by atoms with van der Waals surface area (Å²) in [6.45, 7) is 14.3. The largest absolute Gasteiger partial charge is 0.348 e. The van der Waals surface area contributed by atoms with E-state index in [1.54, 1.807) is 0 Å². The number of anilines is 1. The van der Waals surface area contributed by atoms with Crippen LogP contribution in [0, 0.1) is 0 Å². The molecule has 19 heavy (non-hydrogen) atoms. The number of hydrogen-bond donors (Lipinski definition) is 1. The highest BCUT2D eigenvalue weighted by molar-refractivity contribution is 7.15. The van der Waals surface area contributed by atoms with Gasteiger partial charge in [-0.05, 0) is 19.9 Å². The Morgan fingerprint density at radius 1 is 1.16 bits per heavy atom. The molecule has 0 aliphatic carbocycles. The molecule has 0 amide bonds. The number of hydrogen-bond acceptors (Lipinski definition) is 4. The first-order valence-electron chi connectivity index (χ1n) is 7.33. The smallest absolute Gasteiger partial charge is 0.185 e. The summed E-state index contributed by atoms with van der Waals surface area (Å²) < 4.78 is 0. The summed E-state index contributed by atoms with van der Waals surface area (Å²) in [5, 5.41) is 4.46. The zero-order valence-electron chi connectivity index (χ0n) is 13.3. The van der Waals surface area contributed by atoms with Gasteiger partial charge in [-0.2, -0.15) is 0 Å². The molecule has 0 radical (unpaired) electrons. The Bertz CT molecular complexity index is 373. The van der Waals surface area contributed by atoms with Crippen molar-refractivity contribution < 1.29 is 0 Å². The van der Waals surface area contributed by atoms with Gasteiger partial charge in [-0.3, -0.25) is 0 Å². The van der Waals surface area contributed by atoms with Crippen LogP contribution < -0.4 is 10.2 Å². The monoisotopic (exact) mass is 283 g/mol. The lowest BCUT2D eigenvalue weighted by atomic mass is 9.91. The van der Waals surface area contributed by atoms with Crippen molar-refractivity contribution in [2.45, 2.75) is 59.4 Å². The SMILES string of the molecule is CCCN(CCC)c1nc(C(C)(C)C)c(CNC)s1. The Labute approximate surface area is 122 Å². The van der Waals surface area contributed by atoms with Crippen molar-refractivity contribution in [3.05, 3.63) is 10.6 Å². The maximum absolute atomic E-state index is 4.94. The van der Waals surface area contributed by atoms with Crippen molar-refractivity contribution in [2.75, 3.05) is 25.0 Å². The third-order valence-electron chi connectivity index (χ3n) is 2.99. The van der Waals surface area contributed by atoms with Crippen LogP contribution in [0.5, 0.6) is 0 Å². The molecule has 1 aromatic rings. The molecular weight excluding hydrogens is 254 g/mol. The molecule has 1 heterocycles. The average molecular weight is 283 g/mol. The zero-order chi connectivity index (χ0) is 14.5. The molecule has 0 saturated carbocycles. The molecule has 110 valence electrons. The van der Waals surface area contributed by atoms with Gasteiger partial charge in [-0.1, -0.05) is 34.6 Å². The maximum Gasteiger partial charge on any atom is 0.185 e. The van der Waals surface area contributed by atoms with E-state index in [9.17, 15) is 0 Å². The van der Waals surface area contributed by atoms with E-state index < -0.39 is 0 Å². The van der Waals surface area contributed by atoms with Crippen molar-refractivity contribution in [1.29, 1.82) is 0 Å². The molecule has 0 bridgehead atoms. The summed E-state index contributed by atoms with van der Waals surface area (Å²) in [5.41, 5.74) is 1.37. The predicted octanol–water partition coefficient (Wildman–Crippen LogP) is 3.79. The van der Waals surface area contributed by atoms with E-state index in [0.29, 0.717) is 0 Å². The molecule has 0 fully saturated rings. The molecule has 0 spiro atoms.